The standard InChI is InChI=1S/C15H17NO2/c1-4-18-12-8-9-16-14(10-12)13-7-5-6-11(2)15(13)17-3/h5-10H,4H2,1-3H3. The number of nitrogens with zero attached hydrogens (tertiary/aromatic N) is 1. The van der Waals surface area contributed by atoms with E-state index in [0.29, 0.717) is 6.61 Å². The van der Waals surface area contributed by atoms with Crippen molar-refractivity contribution in [2.75, 3.05) is 13.7 Å². The molecule has 0 aliphatic carbocycles. The fourth-order valence-corrected chi connectivity index (χ4v) is 1.94. The van der Waals surface area contributed by atoms with Gasteiger partial charge < -0.3 is 9.47 Å². The number of rotatable bonds is 4. The summed E-state index contributed by atoms with van der Waals surface area (Å²) in [5, 5.41) is 0. The molecule has 0 fully saturated rings. The van der Waals surface area contributed by atoms with Gasteiger partial charge in [-0.1, -0.05) is 12.1 Å². The highest BCUT2D eigenvalue weighted by Gasteiger charge is 2.09. The van der Waals surface area contributed by atoms with E-state index in [1.807, 2.05) is 44.2 Å². The van der Waals surface area contributed by atoms with Gasteiger partial charge in [0.25, 0.3) is 0 Å². The van der Waals surface area contributed by atoms with Gasteiger partial charge in [-0.3, -0.25) is 4.98 Å². The van der Waals surface area contributed by atoms with E-state index in [-0.39, 0.29) is 0 Å². The van der Waals surface area contributed by atoms with E-state index in [2.05, 4.69) is 4.98 Å². The van der Waals surface area contributed by atoms with Crippen molar-refractivity contribution in [2.45, 2.75) is 13.8 Å². The second-order valence-electron chi connectivity index (χ2n) is 3.97. The maximum atomic E-state index is 5.49. The van der Waals surface area contributed by atoms with Crippen LogP contribution >= 0.6 is 0 Å². The van der Waals surface area contributed by atoms with Gasteiger partial charge in [0.2, 0.25) is 0 Å². The number of ether oxygens (including phenoxy) is 2. The second-order valence-corrected chi connectivity index (χ2v) is 3.97. The summed E-state index contributed by atoms with van der Waals surface area (Å²) in [6.07, 6.45) is 1.75. The molecule has 0 N–H and O–H groups in total. The number of methoxy groups -OCH3 is 1. The first-order valence-electron chi connectivity index (χ1n) is 5.99. The first kappa shape index (κ1) is 12.4. The highest BCUT2D eigenvalue weighted by Crippen LogP contribution is 2.32. The molecule has 0 aliphatic heterocycles. The largest absolute Gasteiger partial charge is 0.496 e. The van der Waals surface area contributed by atoms with Crippen molar-refractivity contribution in [3.8, 4) is 22.8 Å². The molecule has 1 heterocycles. The van der Waals surface area contributed by atoms with Crippen molar-refractivity contribution in [3.05, 3.63) is 42.1 Å². The van der Waals surface area contributed by atoms with Crippen LogP contribution in [0.5, 0.6) is 11.5 Å². The van der Waals surface area contributed by atoms with Crippen LogP contribution in [0.1, 0.15) is 12.5 Å². The predicted octanol–water partition coefficient (Wildman–Crippen LogP) is 3.46. The van der Waals surface area contributed by atoms with Crippen LogP contribution in [0.3, 0.4) is 0 Å². The lowest BCUT2D eigenvalue weighted by Gasteiger charge is -2.11. The predicted molar refractivity (Wildman–Crippen MR) is 72.1 cm³/mol. The molecule has 0 spiro atoms. The Bertz CT molecular complexity index is 538. The van der Waals surface area contributed by atoms with Gasteiger partial charge in [-0.05, 0) is 31.5 Å². The average Bonchev–Trinajstić information content (AvgIpc) is 2.39. The van der Waals surface area contributed by atoms with Crippen molar-refractivity contribution >= 4 is 0 Å². The summed E-state index contributed by atoms with van der Waals surface area (Å²) in [5.41, 5.74) is 2.94. The molecule has 0 atom stereocenters. The SMILES string of the molecule is CCOc1ccnc(-c2cccc(C)c2OC)c1. The molecule has 0 amide bonds. The minimum atomic E-state index is 0.647. The van der Waals surface area contributed by atoms with Crippen LogP contribution in [0.25, 0.3) is 11.3 Å². The van der Waals surface area contributed by atoms with Gasteiger partial charge >= 0.3 is 0 Å². The Kier molecular flexibility index (Phi) is 3.82. The van der Waals surface area contributed by atoms with Crippen LogP contribution in [0, 0.1) is 6.92 Å². The zero-order valence-corrected chi connectivity index (χ0v) is 10.9. The lowest BCUT2D eigenvalue weighted by atomic mass is 10.1. The van der Waals surface area contributed by atoms with Gasteiger partial charge in [0.15, 0.2) is 0 Å². The minimum absolute atomic E-state index is 0.647. The van der Waals surface area contributed by atoms with E-state index in [4.69, 9.17) is 9.47 Å². The molecule has 1 aromatic heterocycles. The number of aromatic nitrogens is 1. The second kappa shape index (κ2) is 5.54. The Labute approximate surface area is 107 Å². The molecule has 0 unspecified atom stereocenters. The van der Waals surface area contributed by atoms with E-state index >= 15 is 0 Å². The summed E-state index contributed by atoms with van der Waals surface area (Å²) in [7, 11) is 1.68. The van der Waals surface area contributed by atoms with E-state index < -0.39 is 0 Å². The van der Waals surface area contributed by atoms with Crippen molar-refractivity contribution in [2.24, 2.45) is 0 Å². The Morgan fingerprint density at radius 3 is 2.78 bits per heavy atom. The Hall–Kier alpha value is -2.03. The van der Waals surface area contributed by atoms with Crippen LogP contribution in [-0.4, -0.2) is 18.7 Å². The van der Waals surface area contributed by atoms with Gasteiger partial charge in [0.05, 0.1) is 19.4 Å². The average molecular weight is 243 g/mol. The number of benzene rings is 1. The summed E-state index contributed by atoms with van der Waals surface area (Å²) in [6, 6.07) is 9.82. The van der Waals surface area contributed by atoms with Crippen LogP contribution < -0.4 is 9.47 Å². The zero-order valence-electron chi connectivity index (χ0n) is 10.9. The number of aryl methyl sites for hydroxylation is 1. The molecule has 0 saturated heterocycles. The van der Waals surface area contributed by atoms with E-state index in [9.17, 15) is 0 Å². The maximum absolute atomic E-state index is 5.49. The van der Waals surface area contributed by atoms with Gasteiger partial charge in [-0.15, -0.1) is 0 Å². The Balaban J connectivity index is 2.48. The maximum Gasteiger partial charge on any atom is 0.131 e. The Morgan fingerprint density at radius 1 is 1.22 bits per heavy atom. The van der Waals surface area contributed by atoms with Crippen LogP contribution in [-0.2, 0) is 0 Å². The number of para-hydroxylation sites is 1. The summed E-state index contributed by atoms with van der Waals surface area (Å²) >= 11 is 0. The molecule has 2 rings (SSSR count). The zero-order chi connectivity index (χ0) is 13.0. The third-order valence-corrected chi connectivity index (χ3v) is 2.73. The normalized spacial score (nSPS) is 10.2. The molecule has 1 aromatic carbocycles. The van der Waals surface area contributed by atoms with Gasteiger partial charge in [-0.2, -0.15) is 0 Å². The lowest BCUT2D eigenvalue weighted by molar-refractivity contribution is 0.340. The summed E-state index contributed by atoms with van der Waals surface area (Å²) in [6.45, 7) is 4.64. The van der Waals surface area contributed by atoms with E-state index in [1.165, 1.54) is 0 Å². The first-order valence-corrected chi connectivity index (χ1v) is 5.99. The van der Waals surface area contributed by atoms with Crippen molar-refractivity contribution in [1.82, 2.24) is 4.98 Å². The molecule has 0 saturated carbocycles. The molecular formula is C15H17NO2. The number of hydrogen-bond acceptors (Lipinski definition) is 3. The molecular weight excluding hydrogens is 226 g/mol. The van der Waals surface area contributed by atoms with E-state index in [1.54, 1.807) is 13.3 Å². The highest BCUT2D eigenvalue weighted by molar-refractivity contribution is 5.69. The molecule has 0 radical (unpaired) electrons. The van der Waals surface area contributed by atoms with Gasteiger partial charge in [-0.25, -0.2) is 0 Å². The number of pyridine rings is 1. The van der Waals surface area contributed by atoms with Crippen molar-refractivity contribution in [1.29, 1.82) is 0 Å². The molecule has 0 aliphatic rings. The molecule has 3 nitrogen and oxygen atoms in total. The Morgan fingerprint density at radius 2 is 2.06 bits per heavy atom. The fourth-order valence-electron chi connectivity index (χ4n) is 1.94. The third kappa shape index (κ3) is 2.45. The van der Waals surface area contributed by atoms with E-state index in [0.717, 1.165) is 28.3 Å². The van der Waals surface area contributed by atoms with Crippen LogP contribution in [0.2, 0.25) is 0 Å². The molecule has 0 bridgehead atoms. The van der Waals surface area contributed by atoms with Crippen LogP contribution in [0.15, 0.2) is 36.5 Å². The van der Waals surface area contributed by atoms with Crippen LogP contribution in [0.4, 0.5) is 0 Å². The molecule has 94 valence electrons. The summed E-state index contributed by atoms with van der Waals surface area (Å²) in [4.78, 5) is 4.38. The lowest BCUT2D eigenvalue weighted by Crippen LogP contribution is -1.95. The van der Waals surface area contributed by atoms with Gasteiger partial charge in [0.1, 0.15) is 11.5 Å². The summed E-state index contributed by atoms with van der Waals surface area (Å²) < 4.78 is 10.9. The van der Waals surface area contributed by atoms with Crippen molar-refractivity contribution < 1.29 is 9.47 Å². The topological polar surface area (TPSA) is 31.4 Å². The number of hydrogen-bond donors (Lipinski definition) is 0. The fraction of sp³-hybridized carbons (Fsp3) is 0.267. The highest BCUT2D eigenvalue weighted by atomic mass is 16.5. The molecule has 18 heavy (non-hydrogen) atoms. The van der Waals surface area contributed by atoms with Crippen molar-refractivity contribution in [3.63, 3.8) is 0 Å². The third-order valence-electron chi connectivity index (χ3n) is 2.73. The minimum Gasteiger partial charge on any atom is -0.496 e. The monoisotopic (exact) mass is 243 g/mol. The molecule has 2 aromatic rings. The molecule has 3 heteroatoms. The first-order chi connectivity index (χ1) is 8.76. The van der Waals surface area contributed by atoms with Gasteiger partial charge in [0, 0.05) is 17.8 Å². The quantitative estimate of drug-likeness (QED) is 0.824. The summed E-state index contributed by atoms with van der Waals surface area (Å²) in [5.74, 6) is 1.68. The smallest absolute Gasteiger partial charge is 0.131 e.